The monoisotopic (exact) mass is 255 g/mol. The van der Waals surface area contributed by atoms with Gasteiger partial charge in [0.2, 0.25) is 0 Å². The Morgan fingerprint density at radius 1 is 1.39 bits per heavy atom. The molecular weight excluding hydrogens is 230 g/mol. The van der Waals surface area contributed by atoms with E-state index in [1.54, 1.807) is 0 Å². The normalized spacial score (nSPS) is 28.4. The third-order valence-electron chi connectivity index (χ3n) is 4.19. The molecule has 5 nitrogen and oxygen atoms in total. The fraction of sp³-hybridized carbons (Fsp3) is 0.923. The highest BCUT2D eigenvalue weighted by Gasteiger charge is 2.35. The van der Waals surface area contributed by atoms with E-state index >= 15 is 0 Å². The van der Waals surface area contributed by atoms with E-state index in [4.69, 9.17) is 10.5 Å². The molecule has 1 saturated heterocycles. The molecule has 0 aromatic rings. The Morgan fingerprint density at radius 2 is 2.11 bits per heavy atom. The zero-order valence-corrected chi connectivity index (χ0v) is 11.3. The van der Waals surface area contributed by atoms with Crippen LogP contribution < -0.4 is 5.73 Å². The zero-order chi connectivity index (χ0) is 13.0. The first-order chi connectivity index (χ1) is 8.77. The van der Waals surface area contributed by atoms with Crippen molar-refractivity contribution in [2.45, 2.75) is 32.2 Å². The summed E-state index contributed by atoms with van der Waals surface area (Å²) in [7, 11) is 0. The number of ether oxygens (including phenoxy) is 1. The second-order valence-corrected chi connectivity index (χ2v) is 5.16. The van der Waals surface area contributed by atoms with Gasteiger partial charge in [0.25, 0.3) is 0 Å². The summed E-state index contributed by atoms with van der Waals surface area (Å²) in [4.78, 5) is 16.5. The van der Waals surface area contributed by atoms with Gasteiger partial charge in [-0.25, -0.2) is 4.79 Å². The molecule has 0 radical (unpaired) electrons. The minimum atomic E-state index is 0.172. The van der Waals surface area contributed by atoms with Crippen LogP contribution >= 0.6 is 0 Å². The van der Waals surface area contributed by atoms with Crippen molar-refractivity contribution in [3.8, 4) is 0 Å². The van der Waals surface area contributed by atoms with Gasteiger partial charge in [-0.05, 0) is 32.2 Å². The molecule has 2 rings (SSSR count). The molecule has 1 aliphatic heterocycles. The maximum absolute atomic E-state index is 12.5. The van der Waals surface area contributed by atoms with Crippen LogP contribution in [0.4, 0.5) is 4.79 Å². The number of carbonyl (C=O) groups excluding carboxylic acids is 1. The van der Waals surface area contributed by atoms with Crippen molar-refractivity contribution in [1.29, 1.82) is 0 Å². The predicted molar refractivity (Wildman–Crippen MR) is 70.4 cm³/mol. The van der Waals surface area contributed by atoms with Crippen molar-refractivity contribution >= 4 is 6.03 Å². The summed E-state index contributed by atoms with van der Waals surface area (Å²) in [6.45, 7) is 6.28. The molecule has 104 valence electrons. The maximum Gasteiger partial charge on any atom is 0.320 e. The molecule has 0 aromatic carbocycles. The van der Waals surface area contributed by atoms with Crippen molar-refractivity contribution in [3.05, 3.63) is 0 Å². The van der Waals surface area contributed by atoms with Crippen LogP contribution in [-0.4, -0.2) is 61.3 Å². The highest BCUT2D eigenvalue weighted by Crippen LogP contribution is 2.29. The number of hydrogen-bond donors (Lipinski definition) is 1. The Balaban J connectivity index is 2.00. The molecule has 2 aliphatic rings. The highest BCUT2D eigenvalue weighted by molar-refractivity contribution is 5.75. The van der Waals surface area contributed by atoms with E-state index in [2.05, 4.69) is 6.92 Å². The fourth-order valence-electron chi connectivity index (χ4n) is 3.15. The van der Waals surface area contributed by atoms with Crippen LogP contribution in [0.15, 0.2) is 0 Å². The molecule has 2 amide bonds. The van der Waals surface area contributed by atoms with Crippen LogP contribution in [0.25, 0.3) is 0 Å². The second-order valence-electron chi connectivity index (χ2n) is 5.16. The molecule has 0 bridgehead atoms. The van der Waals surface area contributed by atoms with Gasteiger partial charge < -0.3 is 20.3 Å². The molecule has 1 aliphatic carbocycles. The summed E-state index contributed by atoms with van der Waals surface area (Å²) in [6, 6.07) is 0.515. The Morgan fingerprint density at radius 3 is 2.72 bits per heavy atom. The third kappa shape index (κ3) is 2.78. The van der Waals surface area contributed by atoms with E-state index in [0.29, 0.717) is 31.7 Å². The number of carbonyl (C=O) groups is 1. The molecule has 0 aromatic heterocycles. The summed E-state index contributed by atoms with van der Waals surface area (Å²) >= 11 is 0. The van der Waals surface area contributed by atoms with Crippen molar-refractivity contribution in [3.63, 3.8) is 0 Å². The number of urea groups is 1. The van der Waals surface area contributed by atoms with Crippen LogP contribution in [-0.2, 0) is 4.74 Å². The highest BCUT2D eigenvalue weighted by atomic mass is 16.5. The van der Waals surface area contributed by atoms with E-state index in [1.807, 2.05) is 9.80 Å². The van der Waals surface area contributed by atoms with Gasteiger partial charge in [-0.3, -0.25) is 0 Å². The standard InChI is InChI=1S/C13H25N3O2/c1-2-16(12-5-3-4-11(12)10-14)13(17)15-6-8-18-9-7-15/h11-12H,2-10,14H2,1H3. The van der Waals surface area contributed by atoms with Gasteiger partial charge in [0.15, 0.2) is 0 Å². The molecular formula is C13H25N3O2. The van der Waals surface area contributed by atoms with E-state index in [9.17, 15) is 4.79 Å². The van der Waals surface area contributed by atoms with Gasteiger partial charge in [0.1, 0.15) is 0 Å². The quantitative estimate of drug-likeness (QED) is 0.814. The van der Waals surface area contributed by atoms with Crippen molar-refractivity contribution in [2.75, 3.05) is 39.4 Å². The van der Waals surface area contributed by atoms with Crippen molar-refractivity contribution < 1.29 is 9.53 Å². The SMILES string of the molecule is CCN(C(=O)N1CCOCC1)C1CCCC1CN. The van der Waals surface area contributed by atoms with Gasteiger partial charge >= 0.3 is 6.03 Å². The molecule has 18 heavy (non-hydrogen) atoms. The predicted octanol–water partition coefficient (Wildman–Crippen LogP) is 0.888. The first-order valence-corrected chi connectivity index (χ1v) is 7.11. The topological polar surface area (TPSA) is 58.8 Å². The van der Waals surface area contributed by atoms with Crippen LogP contribution in [0.5, 0.6) is 0 Å². The lowest BCUT2D eigenvalue weighted by atomic mass is 10.0. The number of morpholine rings is 1. The molecule has 2 fully saturated rings. The Bertz CT molecular complexity index is 279. The molecule has 1 heterocycles. The maximum atomic E-state index is 12.5. The van der Waals surface area contributed by atoms with Gasteiger partial charge in [-0.1, -0.05) is 6.42 Å². The Kier molecular flexibility index (Phi) is 4.83. The largest absolute Gasteiger partial charge is 0.378 e. The van der Waals surface area contributed by atoms with E-state index in [1.165, 1.54) is 6.42 Å². The van der Waals surface area contributed by atoms with Gasteiger partial charge in [0.05, 0.1) is 13.2 Å². The van der Waals surface area contributed by atoms with Crippen LogP contribution in [0, 0.1) is 5.92 Å². The van der Waals surface area contributed by atoms with Crippen LogP contribution in [0.1, 0.15) is 26.2 Å². The molecule has 2 atom stereocenters. The van der Waals surface area contributed by atoms with Crippen molar-refractivity contribution in [1.82, 2.24) is 9.80 Å². The number of nitrogens with zero attached hydrogens (tertiary/aromatic N) is 2. The minimum absolute atomic E-state index is 0.172. The average molecular weight is 255 g/mol. The summed E-state index contributed by atoms with van der Waals surface area (Å²) in [5.74, 6) is 0.481. The van der Waals surface area contributed by atoms with Gasteiger partial charge in [0, 0.05) is 25.7 Å². The number of nitrogens with two attached hydrogens (primary N) is 1. The first-order valence-electron chi connectivity index (χ1n) is 7.11. The van der Waals surface area contributed by atoms with Crippen molar-refractivity contribution in [2.24, 2.45) is 11.7 Å². The molecule has 1 saturated carbocycles. The lowest BCUT2D eigenvalue weighted by Gasteiger charge is -2.37. The van der Waals surface area contributed by atoms with E-state index < -0.39 is 0 Å². The summed E-state index contributed by atoms with van der Waals surface area (Å²) in [5.41, 5.74) is 5.82. The summed E-state index contributed by atoms with van der Waals surface area (Å²) in [6.07, 6.45) is 3.46. The molecule has 2 N–H and O–H groups in total. The molecule has 2 unspecified atom stereocenters. The number of amides is 2. The Labute approximate surface area is 109 Å². The van der Waals surface area contributed by atoms with Crippen LogP contribution in [0.2, 0.25) is 0 Å². The third-order valence-corrected chi connectivity index (χ3v) is 4.19. The number of rotatable bonds is 3. The minimum Gasteiger partial charge on any atom is -0.378 e. The summed E-state index contributed by atoms with van der Waals surface area (Å²) < 4.78 is 5.30. The Hall–Kier alpha value is -0.810. The van der Waals surface area contributed by atoms with E-state index in [-0.39, 0.29) is 6.03 Å². The first kappa shape index (κ1) is 13.6. The molecule has 5 heteroatoms. The van der Waals surface area contributed by atoms with Crippen LogP contribution in [0.3, 0.4) is 0 Å². The van der Waals surface area contributed by atoms with E-state index in [0.717, 1.165) is 32.5 Å². The number of hydrogen-bond acceptors (Lipinski definition) is 3. The van der Waals surface area contributed by atoms with Gasteiger partial charge in [-0.2, -0.15) is 0 Å². The lowest BCUT2D eigenvalue weighted by molar-refractivity contribution is 0.0378. The lowest BCUT2D eigenvalue weighted by Crippen LogP contribution is -2.53. The summed E-state index contributed by atoms with van der Waals surface area (Å²) in [5, 5.41) is 0. The average Bonchev–Trinajstić information content (AvgIpc) is 2.89. The fourth-order valence-corrected chi connectivity index (χ4v) is 3.15. The molecule has 0 spiro atoms. The second kappa shape index (κ2) is 6.38. The smallest absolute Gasteiger partial charge is 0.320 e. The zero-order valence-electron chi connectivity index (χ0n) is 11.3. The van der Waals surface area contributed by atoms with Gasteiger partial charge in [-0.15, -0.1) is 0 Å².